The highest BCUT2D eigenvalue weighted by Gasteiger charge is 1.99. The normalized spacial score (nSPS) is 11.6. The third-order valence-corrected chi connectivity index (χ3v) is 1.20. The van der Waals surface area contributed by atoms with Gasteiger partial charge in [-0.25, -0.2) is 0 Å². The molecule has 0 spiro atoms. The summed E-state index contributed by atoms with van der Waals surface area (Å²) in [6.07, 6.45) is 1.61. The molecule has 0 aliphatic carbocycles. The van der Waals surface area contributed by atoms with E-state index in [1.807, 2.05) is 19.9 Å². The van der Waals surface area contributed by atoms with E-state index in [1.54, 1.807) is 4.99 Å². The minimum absolute atomic E-state index is 0.200. The molecule has 0 amide bonds. The molecule has 0 aliphatic rings. The first-order chi connectivity index (χ1) is 4.85. The maximum atomic E-state index is 5.18. The van der Waals surface area contributed by atoms with Crippen molar-refractivity contribution in [2.45, 2.75) is 20.1 Å². The molecule has 0 saturated carbocycles. The van der Waals surface area contributed by atoms with Crippen molar-refractivity contribution in [1.82, 2.24) is 0 Å². The summed E-state index contributed by atoms with van der Waals surface area (Å²) >= 11 is 3.15. The van der Waals surface area contributed by atoms with Crippen molar-refractivity contribution < 1.29 is 9.47 Å². The lowest BCUT2D eigenvalue weighted by atomic mass is 10.6. The fourth-order valence-corrected chi connectivity index (χ4v) is 0.796. The molecule has 0 aromatic heterocycles. The lowest BCUT2D eigenvalue weighted by molar-refractivity contribution is -0.103. The van der Waals surface area contributed by atoms with Gasteiger partial charge >= 0.3 is 0 Å². The Morgan fingerprint density at radius 3 is 2.10 bits per heavy atom. The molecular weight excluding hydrogens is 196 g/mol. The molecule has 0 rings (SSSR count). The van der Waals surface area contributed by atoms with Gasteiger partial charge in [-0.2, -0.15) is 0 Å². The summed E-state index contributed by atoms with van der Waals surface area (Å²) in [4.78, 5) is 1.74. The second-order valence-corrected chi connectivity index (χ2v) is 2.13. The third-order valence-electron chi connectivity index (χ3n) is 0.892. The number of hydrogen-bond acceptors (Lipinski definition) is 2. The van der Waals surface area contributed by atoms with Crippen LogP contribution in [0, 0.1) is 0 Å². The van der Waals surface area contributed by atoms with Gasteiger partial charge in [0, 0.05) is 13.2 Å². The molecule has 0 unspecified atom stereocenters. The van der Waals surface area contributed by atoms with Crippen LogP contribution in [0.25, 0.3) is 0 Å². The van der Waals surface area contributed by atoms with Gasteiger partial charge in [-0.1, -0.05) is 15.9 Å². The average Bonchev–Trinajstić information content (AvgIpc) is 1.90. The number of rotatable bonds is 5. The summed E-state index contributed by atoms with van der Waals surface area (Å²) in [5.74, 6) is 0. The molecule has 10 heavy (non-hydrogen) atoms. The topological polar surface area (TPSA) is 18.5 Å². The van der Waals surface area contributed by atoms with Crippen molar-refractivity contribution in [3.8, 4) is 0 Å². The van der Waals surface area contributed by atoms with Crippen LogP contribution in [-0.4, -0.2) is 19.5 Å². The predicted octanol–water partition coefficient (Wildman–Crippen LogP) is 2.29. The van der Waals surface area contributed by atoms with Crippen LogP contribution in [0.2, 0.25) is 0 Å². The Kier molecular flexibility index (Phi) is 7.35. The van der Waals surface area contributed by atoms with E-state index in [9.17, 15) is 0 Å². The van der Waals surface area contributed by atoms with E-state index in [-0.39, 0.29) is 6.29 Å². The van der Waals surface area contributed by atoms with Gasteiger partial charge in [-0.15, -0.1) is 0 Å². The summed E-state index contributed by atoms with van der Waals surface area (Å²) in [5.41, 5.74) is 0. The third kappa shape index (κ3) is 4.97. The Morgan fingerprint density at radius 1 is 1.30 bits per heavy atom. The summed E-state index contributed by atoms with van der Waals surface area (Å²) in [6, 6.07) is 0. The van der Waals surface area contributed by atoms with Crippen LogP contribution in [0.4, 0.5) is 0 Å². The molecule has 2 nitrogen and oxygen atoms in total. The van der Waals surface area contributed by atoms with Crippen LogP contribution in [0.15, 0.2) is 11.1 Å². The second kappa shape index (κ2) is 7.25. The fourth-order valence-electron chi connectivity index (χ4n) is 0.547. The van der Waals surface area contributed by atoms with Gasteiger partial charge in [0.05, 0.1) is 0 Å². The van der Waals surface area contributed by atoms with Crippen LogP contribution < -0.4 is 0 Å². The molecule has 0 fully saturated rings. The van der Waals surface area contributed by atoms with Crippen molar-refractivity contribution in [1.29, 1.82) is 0 Å². The predicted molar refractivity (Wildman–Crippen MR) is 45.1 cm³/mol. The molecule has 0 N–H and O–H groups in total. The Labute approximate surface area is 70.3 Å². The lowest BCUT2D eigenvalue weighted by Crippen LogP contribution is -2.13. The van der Waals surface area contributed by atoms with E-state index >= 15 is 0 Å². The highest BCUT2D eigenvalue weighted by atomic mass is 79.9. The maximum Gasteiger partial charge on any atom is 0.177 e. The molecule has 0 heterocycles. The molecule has 0 saturated heterocycles. The van der Waals surface area contributed by atoms with Gasteiger partial charge in [0.15, 0.2) is 6.29 Å². The van der Waals surface area contributed by atoms with Gasteiger partial charge in [-0.05, 0) is 24.9 Å². The van der Waals surface area contributed by atoms with E-state index in [4.69, 9.17) is 9.47 Å². The average molecular weight is 209 g/mol. The largest absolute Gasteiger partial charge is 0.349 e. The Bertz CT molecular complexity index is 87.6. The minimum atomic E-state index is -0.200. The van der Waals surface area contributed by atoms with Gasteiger partial charge in [-0.3, -0.25) is 0 Å². The van der Waals surface area contributed by atoms with Gasteiger partial charge < -0.3 is 9.47 Å². The first-order valence-corrected chi connectivity index (χ1v) is 4.26. The standard InChI is InChI=1S/C7H13BrO2/c1-3-9-7(5-6-8)10-4-2/h5-7H,3-4H2,1-2H3/b6-5+. The van der Waals surface area contributed by atoms with Crippen LogP contribution >= 0.6 is 15.9 Å². The van der Waals surface area contributed by atoms with Crippen LogP contribution in [-0.2, 0) is 9.47 Å². The summed E-state index contributed by atoms with van der Waals surface area (Å²) in [7, 11) is 0. The molecule has 0 aliphatic heterocycles. The monoisotopic (exact) mass is 208 g/mol. The molecule has 0 atom stereocenters. The molecule has 0 aromatic carbocycles. The van der Waals surface area contributed by atoms with Crippen molar-refractivity contribution in [2.75, 3.05) is 13.2 Å². The number of halogens is 1. The van der Waals surface area contributed by atoms with Crippen molar-refractivity contribution in [3.05, 3.63) is 11.1 Å². The van der Waals surface area contributed by atoms with Gasteiger partial charge in [0.2, 0.25) is 0 Å². The number of hydrogen-bond donors (Lipinski definition) is 0. The zero-order valence-corrected chi connectivity index (χ0v) is 7.93. The zero-order chi connectivity index (χ0) is 7.82. The van der Waals surface area contributed by atoms with Crippen LogP contribution in [0.3, 0.4) is 0 Å². The zero-order valence-electron chi connectivity index (χ0n) is 6.34. The Morgan fingerprint density at radius 2 is 1.80 bits per heavy atom. The van der Waals surface area contributed by atoms with E-state index in [1.165, 1.54) is 0 Å². The Hall–Kier alpha value is 0.140. The minimum Gasteiger partial charge on any atom is -0.349 e. The SMILES string of the molecule is CCOC(/C=C/Br)OCC. The van der Waals surface area contributed by atoms with Crippen LogP contribution in [0.1, 0.15) is 13.8 Å². The van der Waals surface area contributed by atoms with E-state index in [2.05, 4.69) is 15.9 Å². The molecule has 0 bridgehead atoms. The summed E-state index contributed by atoms with van der Waals surface area (Å²) < 4.78 is 10.4. The van der Waals surface area contributed by atoms with E-state index in [0.29, 0.717) is 13.2 Å². The second-order valence-electron chi connectivity index (χ2n) is 1.60. The van der Waals surface area contributed by atoms with Crippen molar-refractivity contribution >= 4 is 15.9 Å². The van der Waals surface area contributed by atoms with Gasteiger partial charge in [0.25, 0.3) is 0 Å². The van der Waals surface area contributed by atoms with E-state index in [0.717, 1.165) is 0 Å². The Balaban J connectivity index is 3.50. The molecule has 3 heteroatoms. The van der Waals surface area contributed by atoms with Crippen LogP contribution in [0.5, 0.6) is 0 Å². The van der Waals surface area contributed by atoms with Crippen molar-refractivity contribution in [2.24, 2.45) is 0 Å². The number of ether oxygens (including phenoxy) is 2. The van der Waals surface area contributed by atoms with Crippen molar-refractivity contribution in [3.63, 3.8) is 0 Å². The first kappa shape index (κ1) is 10.1. The lowest BCUT2D eigenvalue weighted by Gasteiger charge is -2.11. The van der Waals surface area contributed by atoms with E-state index < -0.39 is 0 Å². The summed E-state index contributed by atoms with van der Waals surface area (Å²) in [5, 5.41) is 0. The van der Waals surface area contributed by atoms with Gasteiger partial charge in [0.1, 0.15) is 0 Å². The maximum absolute atomic E-state index is 5.18. The smallest absolute Gasteiger partial charge is 0.177 e. The fraction of sp³-hybridized carbons (Fsp3) is 0.714. The molecular formula is C7H13BrO2. The quantitative estimate of drug-likeness (QED) is 0.646. The highest BCUT2D eigenvalue weighted by Crippen LogP contribution is 1.98. The molecule has 60 valence electrons. The first-order valence-electron chi connectivity index (χ1n) is 3.35. The molecule has 0 aromatic rings. The summed E-state index contributed by atoms with van der Waals surface area (Å²) in [6.45, 7) is 5.21. The molecule has 0 radical (unpaired) electrons. The highest BCUT2D eigenvalue weighted by molar-refractivity contribution is 9.11.